The summed E-state index contributed by atoms with van der Waals surface area (Å²) < 4.78 is 5.49. The number of nitrogens with zero attached hydrogens (tertiary/aromatic N) is 1. The van der Waals surface area contributed by atoms with Crippen LogP contribution < -0.4 is 10.2 Å². The highest BCUT2D eigenvalue weighted by Gasteiger charge is 2.18. The van der Waals surface area contributed by atoms with E-state index >= 15 is 0 Å². The summed E-state index contributed by atoms with van der Waals surface area (Å²) in [5.74, 6) is 1.42. The molecule has 0 aliphatic carbocycles. The molecule has 2 aromatic rings. The van der Waals surface area contributed by atoms with Gasteiger partial charge in [-0.25, -0.2) is 0 Å². The van der Waals surface area contributed by atoms with E-state index in [2.05, 4.69) is 22.3 Å². The predicted molar refractivity (Wildman–Crippen MR) is 85.0 cm³/mol. The zero-order valence-electron chi connectivity index (χ0n) is 13.1. The highest BCUT2D eigenvalue weighted by atomic mass is 16.3. The molecule has 0 saturated heterocycles. The smallest absolute Gasteiger partial charge is 0.255 e. The summed E-state index contributed by atoms with van der Waals surface area (Å²) in [6.07, 6.45) is 0. The maximum Gasteiger partial charge on any atom is 0.255 e. The molecule has 1 heterocycles. The number of rotatable bonds is 5. The van der Waals surface area contributed by atoms with Crippen molar-refractivity contribution in [2.45, 2.75) is 20.8 Å². The fraction of sp³-hybridized carbons (Fsp3) is 0.353. The van der Waals surface area contributed by atoms with Crippen molar-refractivity contribution in [3.63, 3.8) is 0 Å². The molecule has 4 heteroatoms. The molecule has 1 aromatic heterocycles. The van der Waals surface area contributed by atoms with Gasteiger partial charge >= 0.3 is 0 Å². The van der Waals surface area contributed by atoms with Crippen LogP contribution in [0.5, 0.6) is 0 Å². The van der Waals surface area contributed by atoms with Gasteiger partial charge in [-0.3, -0.25) is 4.79 Å². The quantitative estimate of drug-likeness (QED) is 0.918. The molecule has 0 spiro atoms. The number of furan rings is 1. The van der Waals surface area contributed by atoms with Crippen molar-refractivity contribution in [2.24, 2.45) is 0 Å². The Morgan fingerprint density at radius 1 is 1.14 bits per heavy atom. The fourth-order valence-corrected chi connectivity index (χ4v) is 2.36. The standard InChI is InChI=1S/C17H22N2O2/c1-12-13(2)21-14(3)16(12)17(20)18-10-11-19(4)15-8-6-5-7-9-15/h5-9H,10-11H2,1-4H3,(H,18,20). The number of likely N-dealkylation sites (N-methyl/N-ethyl adjacent to an activating group) is 1. The molecule has 0 aliphatic heterocycles. The van der Waals surface area contributed by atoms with E-state index < -0.39 is 0 Å². The van der Waals surface area contributed by atoms with E-state index in [1.807, 2.05) is 46.0 Å². The van der Waals surface area contributed by atoms with Crippen LogP contribution in [-0.4, -0.2) is 26.0 Å². The van der Waals surface area contributed by atoms with Crippen LogP contribution in [0.15, 0.2) is 34.7 Å². The van der Waals surface area contributed by atoms with Crippen LogP contribution in [-0.2, 0) is 0 Å². The molecule has 0 fully saturated rings. The largest absolute Gasteiger partial charge is 0.466 e. The normalized spacial score (nSPS) is 10.5. The van der Waals surface area contributed by atoms with Gasteiger partial charge in [0.15, 0.2) is 0 Å². The van der Waals surface area contributed by atoms with Gasteiger partial charge in [-0.05, 0) is 32.9 Å². The molecule has 1 aromatic carbocycles. The summed E-state index contributed by atoms with van der Waals surface area (Å²) >= 11 is 0. The third-order valence-electron chi connectivity index (χ3n) is 3.72. The Kier molecular flexibility index (Phi) is 4.68. The highest BCUT2D eigenvalue weighted by molar-refractivity contribution is 5.96. The van der Waals surface area contributed by atoms with Gasteiger partial charge < -0.3 is 14.6 Å². The molecule has 1 amide bonds. The first-order chi connectivity index (χ1) is 10.0. The first kappa shape index (κ1) is 15.2. The van der Waals surface area contributed by atoms with E-state index in [0.29, 0.717) is 17.9 Å². The lowest BCUT2D eigenvalue weighted by molar-refractivity contribution is 0.0952. The first-order valence-corrected chi connectivity index (χ1v) is 7.11. The minimum absolute atomic E-state index is 0.0664. The number of amides is 1. The number of hydrogen-bond donors (Lipinski definition) is 1. The average Bonchev–Trinajstić information content (AvgIpc) is 2.73. The molecule has 21 heavy (non-hydrogen) atoms. The Labute approximate surface area is 125 Å². The molecule has 0 saturated carbocycles. The first-order valence-electron chi connectivity index (χ1n) is 7.11. The summed E-state index contributed by atoms with van der Waals surface area (Å²) in [5.41, 5.74) is 2.72. The molecule has 112 valence electrons. The van der Waals surface area contributed by atoms with Gasteiger partial charge in [0.1, 0.15) is 11.5 Å². The van der Waals surface area contributed by atoms with Gasteiger partial charge in [0, 0.05) is 31.4 Å². The number of para-hydroxylation sites is 1. The number of aryl methyl sites for hydroxylation is 2. The van der Waals surface area contributed by atoms with Gasteiger partial charge in [-0.2, -0.15) is 0 Å². The number of benzene rings is 1. The minimum Gasteiger partial charge on any atom is -0.466 e. The van der Waals surface area contributed by atoms with Crippen LogP contribution >= 0.6 is 0 Å². The minimum atomic E-state index is -0.0664. The third kappa shape index (κ3) is 3.45. The Bertz CT molecular complexity index is 617. The van der Waals surface area contributed by atoms with Crippen LogP contribution in [0.3, 0.4) is 0 Å². The van der Waals surface area contributed by atoms with E-state index in [1.54, 1.807) is 0 Å². The molecule has 0 radical (unpaired) electrons. The van der Waals surface area contributed by atoms with E-state index in [-0.39, 0.29) is 5.91 Å². The Hall–Kier alpha value is -2.23. The predicted octanol–water partition coefficient (Wildman–Crippen LogP) is 3.07. The van der Waals surface area contributed by atoms with Crippen LogP contribution in [0, 0.1) is 20.8 Å². The Balaban J connectivity index is 1.90. The second-order valence-electron chi connectivity index (χ2n) is 5.23. The van der Waals surface area contributed by atoms with Crippen LogP contribution in [0.25, 0.3) is 0 Å². The summed E-state index contributed by atoms with van der Waals surface area (Å²) in [7, 11) is 2.01. The maximum atomic E-state index is 12.2. The Morgan fingerprint density at radius 3 is 2.38 bits per heavy atom. The Morgan fingerprint density at radius 2 is 1.81 bits per heavy atom. The third-order valence-corrected chi connectivity index (χ3v) is 3.72. The average molecular weight is 286 g/mol. The summed E-state index contributed by atoms with van der Waals surface area (Å²) in [6, 6.07) is 10.1. The number of anilines is 1. The number of nitrogens with one attached hydrogen (secondary N) is 1. The van der Waals surface area contributed by atoms with Crippen molar-refractivity contribution in [1.82, 2.24) is 5.32 Å². The van der Waals surface area contributed by atoms with Gasteiger partial charge in [-0.1, -0.05) is 18.2 Å². The lowest BCUT2D eigenvalue weighted by Crippen LogP contribution is -2.33. The fourth-order valence-electron chi connectivity index (χ4n) is 2.36. The molecule has 4 nitrogen and oxygen atoms in total. The summed E-state index contributed by atoms with van der Waals surface area (Å²) in [6.45, 7) is 6.96. The molecular formula is C17H22N2O2. The van der Waals surface area contributed by atoms with Crippen molar-refractivity contribution < 1.29 is 9.21 Å². The molecule has 1 N–H and O–H groups in total. The van der Waals surface area contributed by atoms with Crippen molar-refractivity contribution in [2.75, 3.05) is 25.0 Å². The van der Waals surface area contributed by atoms with Gasteiger partial charge in [0.25, 0.3) is 5.91 Å². The summed E-state index contributed by atoms with van der Waals surface area (Å²) in [5, 5.41) is 2.95. The van der Waals surface area contributed by atoms with Crippen LogP contribution in [0.2, 0.25) is 0 Å². The van der Waals surface area contributed by atoms with Crippen LogP contribution in [0.1, 0.15) is 27.4 Å². The lowest BCUT2D eigenvalue weighted by atomic mass is 10.1. The van der Waals surface area contributed by atoms with Gasteiger partial charge in [0.2, 0.25) is 0 Å². The molecule has 0 atom stereocenters. The van der Waals surface area contributed by atoms with Gasteiger partial charge in [-0.15, -0.1) is 0 Å². The number of carbonyl (C=O) groups excluding carboxylic acids is 1. The molecule has 0 aliphatic rings. The molecule has 0 bridgehead atoms. The number of carbonyl (C=O) groups is 1. The lowest BCUT2D eigenvalue weighted by Gasteiger charge is -2.19. The van der Waals surface area contributed by atoms with E-state index in [0.717, 1.165) is 23.6 Å². The SMILES string of the molecule is Cc1oc(C)c(C(=O)NCCN(C)c2ccccc2)c1C. The van der Waals surface area contributed by atoms with Crippen molar-refractivity contribution in [3.8, 4) is 0 Å². The van der Waals surface area contributed by atoms with E-state index in [1.165, 1.54) is 0 Å². The second kappa shape index (κ2) is 6.48. The number of hydrogen-bond acceptors (Lipinski definition) is 3. The highest BCUT2D eigenvalue weighted by Crippen LogP contribution is 2.20. The maximum absolute atomic E-state index is 12.2. The summed E-state index contributed by atoms with van der Waals surface area (Å²) in [4.78, 5) is 14.3. The van der Waals surface area contributed by atoms with E-state index in [9.17, 15) is 4.79 Å². The topological polar surface area (TPSA) is 45.5 Å². The monoisotopic (exact) mass is 286 g/mol. The van der Waals surface area contributed by atoms with E-state index in [4.69, 9.17) is 4.42 Å². The molecule has 2 rings (SSSR count). The zero-order valence-corrected chi connectivity index (χ0v) is 13.1. The van der Waals surface area contributed by atoms with Crippen molar-refractivity contribution >= 4 is 11.6 Å². The molecular weight excluding hydrogens is 264 g/mol. The van der Waals surface area contributed by atoms with Gasteiger partial charge in [0.05, 0.1) is 5.56 Å². The van der Waals surface area contributed by atoms with Crippen LogP contribution in [0.4, 0.5) is 5.69 Å². The molecule has 0 unspecified atom stereocenters. The van der Waals surface area contributed by atoms with Crippen molar-refractivity contribution in [3.05, 3.63) is 53.0 Å². The second-order valence-corrected chi connectivity index (χ2v) is 5.23. The zero-order chi connectivity index (χ0) is 15.4. The van der Waals surface area contributed by atoms with Crippen molar-refractivity contribution in [1.29, 1.82) is 0 Å².